The lowest BCUT2D eigenvalue weighted by atomic mass is 10.2. The largest absolute Gasteiger partial charge is 0.491 e. The van der Waals surface area contributed by atoms with Gasteiger partial charge in [0.1, 0.15) is 12.4 Å². The summed E-state index contributed by atoms with van der Waals surface area (Å²) in [6.07, 6.45) is -3.51. The molecule has 0 aliphatic rings. The summed E-state index contributed by atoms with van der Waals surface area (Å²) in [4.78, 5) is 22.0. The van der Waals surface area contributed by atoms with E-state index in [0.717, 1.165) is 6.07 Å². The van der Waals surface area contributed by atoms with E-state index in [0.29, 0.717) is 12.8 Å². The number of carbonyl (C=O) groups is 2. The van der Waals surface area contributed by atoms with E-state index >= 15 is 0 Å². The van der Waals surface area contributed by atoms with E-state index in [1.165, 1.54) is 18.2 Å². The van der Waals surface area contributed by atoms with Crippen molar-refractivity contribution < 1.29 is 32.6 Å². The molecule has 1 rings (SSSR count). The molecule has 8 heteroatoms. The molecule has 24 heavy (non-hydrogen) atoms. The fraction of sp³-hybridized carbons (Fsp3) is 0.500. The summed E-state index contributed by atoms with van der Waals surface area (Å²) < 4.78 is 43.6. The molecular weight excluding hydrogens is 327 g/mol. The summed E-state index contributed by atoms with van der Waals surface area (Å²) in [5.41, 5.74) is -0.864. The fourth-order valence-corrected chi connectivity index (χ4v) is 1.99. The van der Waals surface area contributed by atoms with Gasteiger partial charge in [-0.3, -0.25) is 9.59 Å². The van der Waals surface area contributed by atoms with Gasteiger partial charge in [-0.15, -0.1) is 0 Å². The molecule has 5 nitrogen and oxygen atoms in total. The molecular formula is C16H20F3NO4. The summed E-state index contributed by atoms with van der Waals surface area (Å²) in [5.74, 6) is -1.49. The predicted octanol–water partition coefficient (Wildman–Crippen LogP) is 3.23. The van der Waals surface area contributed by atoms with Gasteiger partial charge in [0.25, 0.3) is 0 Å². The van der Waals surface area contributed by atoms with Crippen molar-refractivity contribution >= 4 is 11.9 Å². The number of nitrogens with one attached hydrogen (secondary N) is 1. The van der Waals surface area contributed by atoms with E-state index in [9.17, 15) is 22.8 Å². The van der Waals surface area contributed by atoms with Crippen LogP contribution in [0.3, 0.4) is 0 Å². The minimum atomic E-state index is -4.51. The lowest BCUT2D eigenvalue weighted by Crippen LogP contribution is -2.36. The molecule has 1 amide bonds. The highest BCUT2D eigenvalue weighted by Crippen LogP contribution is 2.35. The van der Waals surface area contributed by atoms with Gasteiger partial charge >= 0.3 is 12.1 Å². The second-order valence-electron chi connectivity index (χ2n) is 5.37. The quantitative estimate of drug-likeness (QED) is 0.673. The number of carbonyl (C=O) groups excluding carboxylic acids is 1. The number of rotatable bonds is 9. The number of halogens is 3. The smallest absolute Gasteiger partial charge is 0.419 e. The van der Waals surface area contributed by atoms with Crippen LogP contribution in [-0.2, 0) is 15.8 Å². The van der Waals surface area contributed by atoms with Crippen molar-refractivity contribution in [3.63, 3.8) is 0 Å². The zero-order chi connectivity index (χ0) is 18.2. The Balaban J connectivity index is 2.40. The van der Waals surface area contributed by atoms with Crippen LogP contribution < -0.4 is 10.1 Å². The zero-order valence-corrected chi connectivity index (χ0v) is 13.2. The Morgan fingerprint density at radius 3 is 2.46 bits per heavy atom. The highest BCUT2D eigenvalue weighted by molar-refractivity contribution is 5.76. The van der Waals surface area contributed by atoms with E-state index in [1.807, 2.05) is 0 Å². The first-order valence-electron chi connectivity index (χ1n) is 7.50. The fourth-order valence-electron chi connectivity index (χ4n) is 1.99. The Hall–Kier alpha value is -2.25. The van der Waals surface area contributed by atoms with Gasteiger partial charge in [0.15, 0.2) is 0 Å². The van der Waals surface area contributed by atoms with Gasteiger partial charge in [-0.2, -0.15) is 13.2 Å². The maximum atomic E-state index is 12.8. The number of unbranched alkanes of at least 4 members (excludes halogenated alkanes) is 1. The van der Waals surface area contributed by atoms with Crippen LogP contribution in [0.5, 0.6) is 5.75 Å². The average Bonchev–Trinajstić information content (AvgIpc) is 2.49. The molecule has 134 valence electrons. The van der Waals surface area contributed by atoms with Crippen molar-refractivity contribution in [3.05, 3.63) is 29.8 Å². The van der Waals surface area contributed by atoms with Crippen molar-refractivity contribution in [2.24, 2.45) is 0 Å². The van der Waals surface area contributed by atoms with Crippen LogP contribution >= 0.6 is 0 Å². The Kier molecular flexibility index (Phi) is 7.54. The number of benzene rings is 1. The van der Waals surface area contributed by atoms with Crippen LogP contribution in [0, 0.1) is 0 Å². The number of ether oxygens (including phenoxy) is 1. The lowest BCUT2D eigenvalue weighted by Gasteiger charge is -2.17. The van der Waals surface area contributed by atoms with Gasteiger partial charge in [0, 0.05) is 12.8 Å². The van der Waals surface area contributed by atoms with Crippen molar-refractivity contribution in [1.82, 2.24) is 5.32 Å². The molecule has 0 aliphatic heterocycles. The summed E-state index contributed by atoms with van der Waals surface area (Å²) in [7, 11) is 0. The maximum Gasteiger partial charge on any atom is 0.419 e. The third-order valence-electron chi connectivity index (χ3n) is 3.13. The van der Waals surface area contributed by atoms with Gasteiger partial charge in [-0.25, -0.2) is 0 Å². The number of hydrogen-bond acceptors (Lipinski definition) is 3. The molecule has 0 saturated heterocycles. The minimum Gasteiger partial charge on any atom is -0.491 e. The minimum absolute atomic E-state index is 0.000170. The molecule has 0 radical (unpaired) electrons. The Morgan fingerprint density at radius 2 is 1.83 bits per heavy atom. The number of aliphatic carboxylic acids is 1. The topological polar surface area (TPSA) is 75.6 Å². The second-order valence-corrected chi connectivity index (χ2v) is 5.37. The SMILES string of the molecule is CC(COc1ccccc1C(F)(F)F)NC(=O)CCCCC(=O)O. The molecule has 1 aromatic carbocycles. The van der Waals surface area contributed by atoms with E-state index in [4.69, 9.17) is 9.84 Å². The summed E-state index contributed by atoms with van der Waals surface area (Å²) in [6, 6.07) is 4.40. The monoisotopic (exact) mass is 347 g/mol. The van der Waals surface area contributed by atoms with Crippen molar-refractivity contribution in [1.29, 1.82) is 0 Å². The molecule has 0 bridgehead atoms. The summed E-state index contributed by atoms with van der Waals surface area (Å²) in [6.45, 7) is 1.51. The molecule has 0 aromatic heterocycles. The van der Waals surface area contributed by atoms with Crippen molar-refractivity contribution in [2.45, 2.75) is 44.8 Å². The van der Waals surface area contributed by atoms with Crippen LogP contribution in [0.25, 0.3) is 0 Å². The molecule has 1 atom stereocenters. The number of para-hydroxylation sites is 1. The normalized spacial score (nSPS) is 12.5. The third kappa shape index (κ3) is 7.34. The lowest BCUT2D eigenvalue weighted by molar-refractivity contribution is -0.139. The van der Waals surface area contributed by atoms with Crippen molar-refractivity contribution in [3.8, 4) is 5.75 Å². The van der Waals surface area contributed by atoms with E-state index < -0.39 is 23.8 Å². The first kappa shape index (κ1) is 19.8. The number of hydrogen-bond donors (Lipinski definition) is 2. The molecule has 0 fully saturated rings. The first-order valence-corrected chi connectivity index (χ1v) is 7.50. The van der Waals surface area contributed by atoms with Crippen LogP contribution in [0.2, 0.25) is 0 Å². The maximum absolute atomic E-state index is 12.8. The molecule has 2 N–H and O–H groups in total. The van der Waals surface area contributed by atoms with Crippen LogP contribution in [0.1, 0.15) is 38.2 Å². The van der Waals surface area contributed by atoms with Gasteiger partial charge in [0.05, 0.1) is 11.6 Å². The predicted molar refractivity (Wildman–Crippen MR) is 80.6 cm³/mol. The standard InChI is InChI=1S/C16H20F3NO4/c1-11(20-14(21)8-4-5-9-15(22)23)10-24-13-7-3-2-6-12(13)16(17,18)19/h2-3,6-7,11H,4-5,8-10H2,1H3,(H,20,21)(H,22,23). The molecule has 1 unspecified atom stereocenters. The first-order chi connectivity index (χ1) is 11.2. The highest BCUT2D eigenvalue weighted by atomic mass is 19.4. The summed E-state index contributed by atoms with van der Waals surface area (Å²) in [5, 5.41) is 11.1. The second kappa shape index (κ2) is 9.14. The number of carboxylic acid groups (broad SMARTS) is 1. The van der Waals surface area contributed by atoms with E-state index in [2.05, 4.69) is 5.32 Å². The molecule has 0 saturated carbocycles. The molecule has 1 aromatic rings. The molecule has 0 spiro atoms. The van der Waals surface area contributed by atoms with Gasteiger partial charge in [-0.05, 0) is 31.9 Å². The Bertz CT molecular complexity index is 560. The highest BCUT2D eigenvalue weighted by Gasteiger charge is 2.34. The molecule has 0 heterocycles. The van der Waals surface area contributed by atoms with Crippen molar-refractivity contribution in [2.75, 3.05) is 6.61 Å². The van der Waals surface area contributed by atoms with E-state index in [1.54, 1.807) is 6.92 Å². The summed E-state index contributed by atoms with van der Waals surface area (Å²) >= 11 is 0. The number of carboxylic acids is 1. The Labute approximate surface area is 137 Å². The van der Waals surface area contributed by atoms with Crippen LogP contribution in [-0.4, -0.2) is 29.6 Å². The zero-order valence-electron chi connectivity index (χ0n) is 13.2. The Morgan fingerprint density at radius 1 is 1.21 bits per heavy atom. The van der Waals surface area contributed by atoms with E-state index in [-0.39, 0.29) is 31.1 Å². The van der Waals surface area contributed by atoms with Gasteiger partial charge in [-0.1, -0.05) is 12.1 Å². The van der Waals surface area contributed by atoms with Gasteiger partial charge in [0.2, 0.25) is 5.91 Å². The van der Waals surface area contributed by atoms with Crippen LogP contribution in [0.15, 0.2) is 24.3 Å². The number of amides is 1. The molecule has 0 aliphatic carbocycles. The van der Waals surface area contributed by atoms with Gasteiger partial charge < -0.3 is 15.2 Å². The average molecular weight is 347 g/mol. The third-order valence-corrected chi connectivity index (χ3v) is 3.13. The van der Waals surface area contributed by atoms with Crippen LogP contribution in [0.4, 0.5) is 13.2 Å². The number of alkyl halides is 3.